The van der Waals surface area contributed by atoms with Crippen LogP contribution in [-0.2, 0) is 11.2 Å². The number of hydrogen-bond donors (Lipinski definition) is 2. The standard InChI is InChI=1S/C12H10N2O3/c15-11(16)6-10-13-7-9(12(17)14-10)8-4-2-1-3-5-8/h1-5,7H,6H2,(H,15,16)(H,13,14,17). The van der Waals surface area contributed by atoms with E-state index in [1.807, 2.05) is 18.2 Å². The van der Waals surface area contributed by atoms with E-state index < -0.39 is 5.97 Å². The van der Waals surface area contributed by atoms with Crippen LogP contribution < -0.4 is 5.56 Å². The molecule has 0 aliphatic rings. The van der Waals surface area contributed by atoms with Crippen LogP contribution in [-0.4, -0.2) is 21.0 Å². The minimum atomic E-state index is -1.03. The summed E-state index contributed by atoms with van der Waals surface area (Å²) in [7, 11) is 0. The molecule has 0 saturated carbocycles. The molecule has 0 unspecified atom stereocenters. The average molecular weight is 230 g/mol. The van der Waals surface area contributed by atoms with E-state index in [9.17, 15) is 9.59 Å². The molecule has 0 amide bonds. The van der Waals surface area contributed by atoms with Crippen LogP contribution in [0.3, 0.4) is 0 Å². The van der Waals surface area contributed by atoms with Crippen molar-refractivity contribution in [3.63, 3.8) is 0 Å². The van der Waals surface area contributed by atoms with Crippen molar-refractivity contribution in [1.29, 1.82) is 0 Å². The Hall–Kier alpha value is -2.43. The zero-order valence-corrected chi connectivity index (χ0v) is 8.88. The van der Waals surface area contributed by atoms with Crippen LogP contribution in [0.15, 0.2) is 41.3 Å². The van der Waals surface area contributed by atoms with Crippen LogP contribution >= 0.6 is 0 Å². The van der Waals surface area contributed by atoms with Crippen LogP contribution in [0.4, 0.5) is 0 Å². The van der Waals surface area contributed by atoms with E-state index in [0.29, 0.717) is 5.56 Å². The summed E-state index contributed by atoms with van der Waals surface area (Å²) in [5.41, 5.74) is 0.852. The average Bonchev–Trinajstić information content (AvgIpc) is 2.29. The highest BCUT2D eigenvalue weighted by atomic mass is 16.4. The van der Waals surface area contributed by atoms with Crippen molar-refractivity contribution in [2.24, 2.45) is 0 Å². The molecule has 0 radical (unpaired) electrons. The molecule has 5 heteroatoms. The molecule has 0 saturated heterocycles. The molecule has 0 spiro atoms. The number of aromatic amines is 1. The Morgan fingerprint density at radius 2 is 2.00 bits per heavy atom. The summed E-state index contributed by atoms with van der Waals surface area (Å²) in [4.78, 5) is 28.6. The monoisotopic (exact) mass is 230 g/mol. The van der Waals surface area contributed by atoms with Crippen LogP contribution in [0.2, 0.25) is 0 Å². The van der Waals surface area contributed by atoms with Gasteiger partial charge in [0, 0.05) is 6.20 Å². The van der Waals surface area contributed by atoms with Crippen LogP contribution in [0.5, 0.6) is 0 Å². The molecule has 2 N–H and O–H groups in total. The lowest BCUT2D eigenvalue weighted by Gasteiger charge is -2.01. The second-order valence-electron chi connectivity index (χ2n) is 3.51. The lowest BCUT2D eigenvalue weighted by atomic mass is 10.1. The van der Waals surface area contributed by atoms with Gasteiger partial charge in [0.2, 0.25) is 0 Å². The highest BCUT2D eigenvalue weighted by Gasteiger charge is 2.07. The topological polar surface area (TPSA) is 83.0 Å². The third kappa shape index (κ3) is 2.57. The SMILES string of the molecule is O=C(O)Cc1ncc(-c2ccccc2)c(=O)[nH]1. The van der Waals surface area contributed by atoms with E-state index in [4.69, 9.17) is 5.11 Å². The number of nitrogens with one attached hydrogen (secondary N) is 1. The molecular weight excluding hydrogens is 220 g/mol. The van der Waals surface area contributed by atoms with Gasteiger partial charge in [-0.05, 0) is 5.56 Å². The highest BCUT2D eigenvalue weighted by Crippen LogP contribution is 2.12. The van der Waals surface area contributed by atoms with Crippen molar-refractivity contribution >= 4 is 5.97 Å². The number of benzene rings is 1. The summed E-state index contributed by atoms with van der Waals surface area (Å²) in [5.74, 6) is -0.872. The molecule has 5 nitrogen and oxygen atoms in total. The Morgan fingerprint density at radius 1 is 1.29 bits per heavy atom. The van der Waals surface area contributed by atoms with Gasteiger partial charge < -0.3 is 10.1 Å². The van der Waals surface area contributed by atoms with Gasteiger partial charge in [0.05, 0.1) is 5.56 Å². The predicted molar refractivity (Wildman–Crippen MR) is 61.6 cm³/mol. The number of hydrogen-bond acceptors (Lipinski definition) is 3. The van der Waals surface area contributed by atoms with Crippen molar-refractivity contribution < 1.29 is 9.90 Å². The molecule has 1 aromatic carbocycles. The molecule has 2 rings (SSSR count). The van der Waals surface area contributed by atoms with Gasteiger partial charge in [-0.2, -0.15) is 0 Å². The second kappa shape index (κ2) is 4.61. The van der Waals surface area contributed by atoms with Crippen molar-refractivity contribution in [2.75, 3.05) is 0 Å². The van der Waals surface area contributed by atoms with Gasteiger partial charge in [0.1, 0.15) is 12.2 Å². The number of aromatic nitrogens is 2. The molecule has 0 fully saturated rings. The van der Waals surface area contributed by atoms with E-state index in [1.54, 1.807) is 12.1 Å². The molecule has 1 aromatic heterocycles. The van der Waals surface area contributed by atoms with Gasteiger partial charge in [-0.1, -0.05) is 30.3 Å². The van der Waals surface area contributed by atoms with Crippen LogP contribution in [0.1, 0.15) is 5.82 Å². The van der Waals surface area contributed by atoms with E-state index in [-0.39, 0.29) is 17.8 Å². The third-order valence-electron chi connectivity index (χ3n) is 2.26. The number of nitrogens with zero attached hydrogens (tertiary/aromatic N) is 1. The van der Waals surface area contributed by atoms with E-state index >= 15 is 0 Å². The summed E-state index contributed by atoms with van der Waals surface area (Å²) < 4.78 is 0. The number of carbonyl (C=O) groups is 1. The lowest BCUT2D eigenvalue weighted by molar-refractivity contribution is -0.136. The minimum absolute atomic E-state index is 0.155. The third-order valence-corrected chi connectivity index (χ3v) is 2.26. The molecule has 2 aromatic rings. The van der Waals surface area contributed by atoms with E-state index in [2.05, 4.69) is 9.97 Å². The summed E-state index contributed by atoms with van der Waals surface area (Å²) in [5, 5.41) is 8.58. The first-order valence-corrected chi connectivity index (χ1v) is 5.02. The van der Waals surface area contributed by atoms with Crippen molar-refractivity contribution in [1.82, 2.24) is 9.97 Å². The molecule has 86 valence electrons. The maximum absolute atomic E-state index is 11.7. The minimum Gasteiger partial charge on any atom is -0.481 e. The van der Waals surface area contributed by atoms with Gasteiger partial charge in [-0.15, -0.1) is 0 Å². The molecule has 0 aliphatic carbocycles. The zero-order chi connectivity index (χ0) is 12.3. The Morgan fingerprint density at radius 3 is 2.59 bits per heavy atom. The normalized spacial score (nSPS) is 10.1. The van der Waals surface area contributed by atoms with Gasteiger partial charge in [0.25, 0.3) is 5.56 Å². The lowest BCUT2D eigenvalue weighted by Crippen LogP contribution is -2.15. The second-order valence-corrected chi connectivity index (χ2v) is 3.51. The largest absolute Gasteiger partial charge is 0.481 e. The van der Waals surface area contributed by atoms with Gasteiger partial charge in [0.15, 0.2) is 0 Å². The molecule has 17 heavy (non-hydrogen) atoms. The quantitative estimate of drug-likeness (QED) is 0.826. The smallest absolute Gasteiger partial charge is 0.311 e. The molecule has 0 atom stereocenters. The summed E-state index contributed by atoms with van der Waals surface area (Å²) >= 11 is 0. The Balaban J connectivity index is 2.39. The zero-order valence-electron chi connectivity index (χ0n) is 8.88. The first kappa shape index (κ1) is 11.1. The van der Waals surface area contributed by atoms with Crippen molar-refractivity contribution in [3.8, 4) is 11.1 Å². The first-order valence-electron chi connectivity index (χ1n) is 5.02. The van der Waals surface area contributed by atoms with E-state index in [0.717, 1.165) is 5.56 Å². The maximum Gasteiger partial charge on any atom is 0.311 e. The number of carboxylic acids is 1. The fraction of sp³-hybridized carbons (Fsp3) is 0.0833. The Bertz CT molecular complexity index is 590. The molecule has 0 bridgehead atoms. The first-order chi connectivity index (χ1) is 8.16. The molecule has 1 heterocycles. The molecular formula is C12H10N2O3. The fourth-order valence-corrected chi connectivity index (χ4v) is 1.49. The summed E-state index contributed by atoms with van der Waals surface area (Å²) in [6.45, 7) is 0. The summed E-state index contributed by atoms with van der Waals surface area (Å²) in [6.07, 6.45) is 1.11. The number of H-pyrrole nitrogens is 1. The van der Waals surface area contributed by atoms with Gasteiger partial charge in [-0.3, -0.25) is 9.59 Å². The fourth-order valence-electron chi connectivity index (χ4n) is 1.49. The highest BCUT2D eigenvalue weighted by molar-refractivity contribution is 5.69. The molecule has 0 aliphatic heterocycles. The number of carboxylic acid groups (broad SMARTS) is 1. The summed E-state index contributed by atoms with van der Waals surface area (Å²) in [6, 6.07) is 9.08. The van der Waals surface area contributed by atoms with E-state index in [1.165, 1.54) is 6.20 Å². The Labute approximate surface area is 96.8 Å². The van der Waals surface area contributed by atoms with Crippen LogP contribution in [0.25, 0.3) is 11.1 Å². The van der Waals surface area contributed by atoms with Crippen molar-refractivity contribution in [3.05, 3.63) is 52.7 Å². The Kier molecular flexibility index (Phi) is 3.00. The van der Waals surface area contributed by atoms with Crippen molar-refractivity contribution in [2.45, 2.75) is 6.42 Å². The van der Waals surface area contributed by atoms with Crippen LogP contribution in [0, 0.1) is 0 Å². The number of aliphatic carboxylic acids is 1. The maximum atomic E-state index is 11.7. The number of rotatable bonds is 3. The van der Waals surface area contributed by atoms with Gasteiger partial charge in [-0.25, -0.2) is 4.98 Å². The predicted octanol–water partition coefficient (Wildman–Crippen LogP) is 1.06. The van der Waals surface area contributed by atoms with Gasteiger partial charge >= 0.3 is 5.97 Å².